The van der Waals surface area contributed by atoms with Gasteiger partial charge >= 0.3 is 5.97 Å². The Morgan fingerprint density at radius 1 is 1.00 bits per heavy atom. The number of carboxylic acid groups (broad SMARTS) is 1. The van der Waals surface area contributed by atoms with E-state index in [9.17, 15) is 24.4 Å². The van der Waals surface area contributed by atoms with Crippen molar-refractivity contribution < 1.29 is 19.2 Å². The van der Waals surface area contributed by atoms with Gasteiger partial charge in [0.25, 0.3) is 5.69 Å². The number of hydrogen-bond donors (Lipinski definition) is 2. The zero-order valence-corrected chi connectivity index (χ0v) is 19.2. The highest BCUT2D eigenvalue weighted by molar-refractivity contribution is 5.94. The Bertz CT molecular complexity index is 1250. The number of halogens is 1. The predicted molar refractivity (Wildman–Crippen MR) is 136 cm³/mol. The van der Waals surface area contributed by atoms with Crippen molar-refractivity contribution in [1.82, 2.24) is 0 Å². The van der Waals surface area contributed by atoms with Crippen LogP contribution in [0.3, 0.4) is 0 Å². The van der Waals surface area contributed by atoms with E-state index in [1.807, 2.05) is 0 Å². The second kappa shape index (κ2) is 11.0. The van der Waals surface area contributed by atoms with E-state index in [0.717, 1.165) is 24.0 Å². The molecule has 1 fully saturated rings. The molecular formula is C28H27FN2O4. The molecule has 0 spiro atoms. The van der Waals surface area contributed by atoms with Crippen LogP contribution >= 0.6 is 0 Å². The summed E-state index contributed by atoms with van der Waals surface area (Å²) in [5, 5.41) is 24.6. The van der Waals surface area contributed by atoms with Crippen molar-refractivity contribution in [3.8, 4) is 11.1 Å². The van der Waals surface area contributed by atoms with E-state index in [4.69, 9.17) is 0 Å². The summed E-state index contributed by atoms with van der Waals surface area (Å²) in [7, 11) is 0. The molecule has 3 aromatic carbocycles. The third-order valence-electron chi connectivity index (χ3n) is 6.44. The van der Waals surface area contributed by atoms with Crippen molar-refractivity contribution in [3.05, 3.63) is 93.3 Å². The van der Waals surface area contributed by atoms with Gasteiger partial charge < -0.3 is 10.4 Å². The molecule has 1 aliphatic carbocycles. The number of nitrogens with one attached hydrogen (secondary N) is 1. The molecule has 0 unspecified atom stereocenters. The molecule has 0 aliphatic heterocycles. The summed E-state index contributed by atoms with van der Waals surface area (Å²) >= 11 is 0. The maximum Gasteiger partial charge on any atom is 0.336 e. The second-order valence-electron chi connectivity index (χ2n) is 8.87. The largest absolute Gasteiger partial charge is 0.478 e. The van der Waals surface area contributed by atoms with Crippen LogP contribution in [0.2, 0.25) is 0 Å². The summed E-state index contributed by atoms with van der Waals surface area (Å²) in [4.78, 5) is 23.0. The fourth-order valence-electron chi connectivity index (χ4n) is 4.50. The molecule has 0 radical (unpaired) electrons. The van der Waals surface area contributed by atoms with Crippen molar-refractivity contribution in [3.63, 3.8) is 0 Å². The first kappa shape index (κ1) is 24.1. The first-order valence-corrected chi connectivity index (χ1v) is 11.7. The van der Waals surface area contributed by atoms with Crippen LogP contribution in [0.5, 0.6) is 0 Å². The second-order valence-corrected chi connectivity index (χ2v) is 8.87. The summed E-state index contributed by atoms with van der Waals surface area (Å²) in [5.74, 6) is -0.899. The van der Waals surface area contributed by atoms with Gasteiger partial charge in [0.15, 0.2) is 0 Å². The summed E-state index contributed by atoms with van der Waals surface area (Å²) in [5.41, 5.74) is 3.10. The van der Waals surface area contributed by atoms with Gasteiger partial charge in [-0.3, -0.25) is 10.1 Å². The third kappa shape index (κ3) is 6.12. The van der Waals surface area contributed by atoms with E-state index in [2.05, 4.69) is 5.32 Å². The van der Waals surface area contributed by atoms with Crippen LogP contribution in [0.25, 0.3) is 23.3 Å². The highest BCUT2D eigenvalue weighted by Crippen LogP contribution is 2.30. The van der Waals surface area contributed by atoms with E-state index in [-0.39, 0.29) is 17.1 Å². The van der Waals surface area contributed by atoms with Crippen LogP contribution in [0.15, 0.2) is 60.7 Å². The number of hydrogen-bond acceptors (Lipinski definition) is 4. The molecule has 0 aromatic heterocycles. The van der Waals surface area contributed by atoms with E-state index in [0.29, 0.717) is 29.3 Å². The lowest BCUT2D eigenvalue weighted by atomic mass is 9.89. The molecule has 7 heteroatoms. The molecule has 0 atom stereocenters. The van der Waals surface area contributed by atoms with Gasteiger partial charge in [0, 0.05) is 12.6 Å². The van der Waals surface area contributed by atoms with Gasteiger partial charge in [-0.05, 0) is 71.3 Å². The van der Waals surface area contributed by atoms with Gasteiger partial charge in [-0.1, -0.05) is 55.7 Å². The van der Waals surface area contributed by atoms with Gasteiger partial charge in [0.1, 0.15) is 11.5 Å². The van der Waals surface area contributed by atoms with Crippen LogP contribution in [0, 0.1) is 21.8 Å². The van der Waals surface area contributed by atoms with E-state index >= 15 is 0 Å². The lowest BCUT2D eigenvalue weighted by molar-refractivity contribution is -0.384. The minimum Gasteiger partial charge on any atom is -0.478 e. The maximum atomic E-state index is 13.3. The van der Waals surface area contributed by atoms with Crippen molar-refractivity contribution in [1.29, 1.82) is 0 Å². The van der Waals surface area contributed by atoms with Crippen LogP contribution in [-0.4, -0.2) is 22.5 Å². The Morgan fingerprint density at radius 3 is 2.40 bits per heavy atom. The number of aromatic carboxylic acids is 1. The molecule has 180 valence electrons. The number of benzene rings is 3. The first-order valence-electron chi connectivity index (χ1n) is 11.7. The number of anilines is 1. The zero-order chi connectivity index (χ0) is 24.8. The number of carbonyl (C=O) groups is 1. The average molecular weight is 475 g/mol. The van der Waals surface area contributed by atoms with Crippen molar-refractivity contribution in [2.75, 3.05) is 11.9 Å². The Labute approximate surface area is 203 Å². The highest BCUT2D eigenvalue weighted by atomic mass is 19.1. The molecule has 3 aromatic rings. The number of nitro groups is 1. The monoisotopic (exact) mass is 474 g/mol. The maximum absolute atomic E-state index is 13.3. The van der Waals surface area contributed by atoms with Gasteiger partial charge in [0.05, 0.1) is 10.5 Å². The summed E-state index contributed by atoms with van der Waals surface area (Å²) in [6, 6.07) is 15.8. The molecule has 0 saturated heterocycles. The topological polar surface area (TPSA) is 92.5 Å². The quantitative estimate of drug-likeness (QED) is 0.204. The molecule has 4 rings (SSSR count). The number of carboxylic acids is 1. The lowest BCUT2D eigenvalue weighted by Gasteiger charge is -2.22. The van der Waals surface area contributed by atoms with Gasteiger partial charge in [-0.2, -0.15) is 0 Å². The molecule has 2 N–H and O–H groups in total. The minimum absolute atomic E-state index is 0.0125. The van der Waals surface area contributed by atoms with Crippen molar-refractivity contribution in [2.45, 2.75) is 32.1 Å². The minimum atomic E-state index is -1.08. The Morgan fingerprint density at radius 2 is 1.71 bits per heavy atom. The van der Waals surface area contributed by atoms with Gasteiger partial charge in [-0.15, -0.1) is 0 Å². The normalized spacial score (nSPS) is 14.2. The first-order chi connectivity index (χ1) is 16.9. The molecule has 6 nitrogen and oxygen atoms in total. The Hall–Kier alpha value is -4.00. The summed E-state index contributed by atoms with van der Waals surface area (Å²) < 4.78 is 13.3. The Balaban J connectivity index is 1.58. The molecule has 0 heterocycles. The SMILES string of the molecule is O=C(O)c1ccc(-c2ccc(F)cc2)cc1C=Cc1ccc(NCC2CCCCC2)c([N+](=O)[O-])c1. The number of rotatable bonds is 8. The molecule has 1 saturated carbocycles. The lowest BCUT2D eigenvalue weighted by Crippen LogP contribution is -2.17. The molecular weight excluding hydrogens is 447 g/mol. The Kier molecular flexibility index (Phi) is 7.55. The molecule has 0 amide bonds. The van der Waals surface area contributed by atoms with E-state index in [1.54, 1.807) is 48.6 Å². The summed E-state index contributed by atoms with van der Waals surface area (Å²) in [6.07, 6.45) is 9.25. The average Bonchev–Trinajstić information content (AvgIpc) is 2.87. The number of nitrogens with zero attached hydrogens (tertiary/aromatic N) is 1. The van der Waals surface area contributed by atoms with Gasteiger partial charge in [-0.25, -0.2) is 9.18 Å². The van der Waals surface area contributed by atoms with Crippen LogP contribution in [0.1, 0.15) is 53.6 Å². The van der Waals surface area contributed by atoms with E-state index in [1.165, 1.54) is 43.5 Å². The predicted octanol–water partition coefficient (Wildman–Crippen LogP) is 7.26. The third-order valence-corrected chi connectivity index (χ3v) is 6.44. The smallest absolute Gasteiger partial charge is 0.336 e. The molecule has 35 heavy (non-hydrogen) atoms. The van der Waals surface area contributed by atoms with Crippen LogP contribution in [-0.2, 0) is 0 Å². The molecule has 0 bridgehead atoms. The zero-order valence-electron chi connectivity index (χ0n) is 19.2. The summed E-state index contributed by atoms with van der Waals surface area (Å²) in [6.45, 7) is 0.716. The van der Waals surface area contributed by atoms with Crippen molar-refractivity contribution in [2.24, 2.45) is 5.92 Å². The highest BCUT2D eigenvalue weighted by Gasteiger charge is 2.18. The van der Waals surface area contributed by atoms with Crippen LogP contribution in [0.4, 0.5) is 15.8 Å². The number of nitro benzene ring substituents is 1. The van der Waals surface area contributed by atoms with E-state index < -0.39 is 10.9 Å². The molecule has 1 aliphatic rings. The standard InChI is InChI=1S/C28H27FN2O4/c29-24-12-9-21(10-13-24)22-11-14-25(28(32)33)23(17-22)8-6-19-7-15-26(27(16-19)31(34)35)30-18-20-4-2-1-3-5-20/h6-17,20,30H,1-5,18H2,(H,32,33). The van der Waals surface area contributed by atoms with Crippen molar-refractivity contribution >= 4 is 29.5 Å². The fraction of sp³-hybridized carbons (Fsp3) is 0.250. The van der Waals surface area contributed by atoms with Crippen LogP contribution < -0.4 is 5.32 Å². The van der Waals surface area contributed by atoms with Gasteiger partial charge in [0.2, 0.25) is 0 Å². The fourth-order valence-corrected chi connectivity index (χ4v) is 4.50.